The number of esters is 3. The van der Waals surface area contributed by atoms with Crippen LogP contribution in [-0.4, -0.2) is 37.2 Å². The SMILES string of the molecule is CC\C=C/C=C\C=C/CCCCCCCC(=O)OC(COC(=O)CC/C=C\C/C=C\CCCCCCCC)COC(=O)CCCCCCC/C=C\CCCCCCCCC. The van der Waals surface area contributed by atoms with Crippen molar-refractivity contribution in [2.75, 3.05) is 13.2 Å². The monoisotopic (exact) mass is 837 g/mol. The number of ether oxygens (including phenoxy) is 3. The van der Waals surface area contributed by atoms with E-state index < -0.39 is 6.10 Å². The molecule has 0 spiro atoms. The molecule has 0 amide bonds. The smallest absolute Gasteiger partial charge is 0.306 e. The van der Waals surface area contributed by atoms with Crippen LogP contribution >= 0.6 is 0 Å². The first-order valence-electron chi connectivity index (χ1n) is 25.0. The highest BCUT2D eigenvalue weighted by atomic mass is 16.6. The van der Waals surface area contributed by atoms with Crippen molar-refractivity contribution in [3.63, 3.8) is 0 Å². The summed E-state index contributed by atoms with van der Waals surface area (Å²) in [5.41, 5.74) is 0. The van der Waals surface area contributed by atoms with Crippen molar-refractivity contribution in [1.29, 1.82) is 0 Å². The second kappa shape index (κ2) is 48.5. The van der Waals surface area contributed by atoms with Crippen LogP contribution in [0.5, 0.6) is 0 Å². The molecule has 344 valence electrons. The highest BCUT2D eigenvalue weighted by Gasteiger charge is 2.19. The van der Waals surface area contributed by atoms with Crippen LogP contribution in [0.15, 0.2) is 72.9 Å². The first-order chi connectivity index (χ1) is 29.5. The van der Waals surface area contributed by atoms with Crippen molar-refractivity contribution in [2.24, 2.45) is 0 Å². The van der Waals surface area contributed by atoms with Crippen molar-refractivity contribution in [3.8, 4) is 0 Å². The van der Waals surface area contributed by atoms with Gasteiger partial charge >= 0.3 is 17.9 Å². The Bertz CT molecular complexity index is 1140. The third-order valence-corrected chi connectivity index (χ3v) is 10.5. The predicted octanol–water partition coefficient (Wildman–Crippen LogP) is 16.3. The van der Waals surface area contributed by atoms with Gasteiger partial charge in [-0.15, -0.1) is 0 Å². The molecule has 0 aromatic carbocycles. The Hall–Kier alpha value is -3.15. The van der Waals surface area contributed by atoms with Crippen LogP contribution in [0.4, 0.5) is 0 Å². The number of carbonyl (C=O) groups excluding carboxylic acids is 3. The number of allylic oxidation sites excluding steroid dienone is 12. The Morgan fingerprint density at radius 1 is 0.367 bits per heavy atom. The minimum absolute atomic E-state index is 0.106. The van der Waals surface area contributed by atoms with Crippen LogP contribution in [0, 0.1) is 0 Å². The van der Waals surface area contributed by atoms with E-state index in [2.05, 4.69) is 87.6 Å². The van der Waals surface area contributed by atoms with Gasteiger partial charge in [-0.3, -0.25) is 14.4 Å². The van der Waals surface area contributed by atoms with Crippen molar-refractivity contribution >= 4 is 17.9 Å². The van der Waals surface area contributed by atoms with Gasteiger partial charge in [0, 0.05) is 19.3 Å². The molecule has 60 heavy (non-hydrogen) atoms. The van der Waals surface area contributed by atoms with Gasteiger partial charge in [-0.05, 0) is 83.5 Å². The molecule has 1 atom stereocenters. The number of unbranched alkanes of at least 4 members (excludes halogenated alkanes) is 23. The Morgan fingerprint density at radius 2 is 0.750 bits per heavy atom. The maximum absolute atomic E-state index is 12.7. The van der Waals surface area contributed by atoms with Crippen LogP contribution in [-0.2, 0) is 28.6 Å². The van der Waals surface area contributed by atoms with Gasteiger partial charge < -0.3 is 14.2 Å². The summed E-state index contributed by atoms with van der Waals surface area (Å²) < 4.78 is 16.7. The van der Waals surface area contributed by atoms with E-state index in [1.165, 1.54) is 103 Å². The molecule has 6 nitrogen and oxygen atoms in total. The minimum Gasteiger partial charge on any atom is -0.462 e. The Labute approximate surface area is 370 Å². The fourth-order valence-electron chi connectivity index (χ4n) is 6.72. The molecule has 0 aliphatic rings. The lowest BCUT2D eigenvalue weighted by molar-refractivity contribution is -0.166. The number of hydrogen-bond donors (Lipinski definition) is 0. The van der Waals surface area contributed by atoms with E-state index in [0.717, 1.165) is 83.5 Å². The zero-order valence-corrected chi connectivity index (χ0v) is 39.2. The third-order valence-electron chi connectivity index (χ3n) is 10.5. The maximum atomic E-state index is 12.7. The van der Waals surface area contributed by atoms with E-state index in [1.807, 2.05) is 6.08 Å². The standard InChI is InChI=1S/C54H92O6/c1-4-7-10-13-16-19-22-25-26-27-30-32-35-38-41-44-47-53(56)59-50-51(60-54(57)48-45-42-39-36-33-29-24-21-18-15-12-9-6-3)49-58-52(55)46-43-40-37-34-31-28-23-20-17-14-11-8-5-2/h9,12,15,18,21,24,26-28,31,37,40,51H,4-8,10-11,13-14,16-17,19-20,22-23,25,29-30,32-36,38-39,41-50H2,1-3H3/b12-9-,18-15-,24-21-,27-26-,31-28-,40-37-. The molecule has 0 N–H and O–H groups in total. The predicted molar refractivity (Wildman–Crippen MR) is 256 cm³/mol. The molecular formula is C54H92O6. The molecule has 0 saturated heterocycles. The fraction of sp³-hybridized carbons (Fsp3) is 0.722. The van der Waals surface area contributed by atoms with Gasteiger partial charge in [0.2, 0.25) is 0 Å². The van der Waals surface area contributed by atoms with Crippen LogP contribution in [0.25, 0.3) is 0 Å². The lowest BCUT2D eigenvalue weighted by Gasteiger charge is -2.18. The normalized spacial score (nSPS) is 12.7. The summed E-state index contributed by atoms with van der Waals surface area (Å²) in [4.78, 5) is 37.8. The second-order valence-corrected chi connectivity index (χ2v) is 16.4. The lowest BCUT2D eigenvalue weighted by atomic mass is 10.1. The maximum Gasteiger partial charge on any atom is 0.306 e. The average molecular weight is 837 g/mol. The Morgan fingerprint density at radius 3 is 1.25 bits per heavy atom. The number of hydrogen-bond acceptors (Lipinski definition) is 6. The quantitative estimate of drug-likeness (QED) is 0.0200. The highest BCUT2D eigenvalue weighted by molar-refractivity contribution is 5.71. The van der Waals surface area contributed by atoms with Crippen LogP contribution < -0.4 is 0 Å². The van der Waals surface area contributed by atoms with Gasteiger partial charge in [0.05, 0.1) is 0 Å². The summed E-state index contributed by atoms with van der Waals surface area (Å²) in [5, 5.41) is 0. The molecule has 0 aliphatic carbocycles. The average Bonchev–Trinajstić information content (AvgIpc) is 3.24. The van der Waals surface area contributed by atoms with Crippen LogP contribution in [0.2, 0.25) is 0 Å². The van der Waals surface area contributed by atoms with E-state index in [1.54, 1.807) is 0 Å². The summed E-state index contributed by atoms with van der Waals surface area (Å²) in [6.07, 6.45) is 60.4. The first kappa shape index (κ1) is 56.9. The zero-order valence-electron chi connectivity index (χ0n) is 39.2. The summed E-state index contributed by atoms with van der Waals surface area (Å²) >= 11 is 0. The Kier molecular flexibility index (Phi) is 46.0. The molecule has 0 saturated carbocycles. The van der Waals surface area contributed by atoms with E-state index in [4.69, 9.17) is 14.2 Å². The molecule has 0 rings (SSSR count). The van der Waals surface area contributed by atoms with Gasteiger partial charge in [-0.1, -0.05) is 203 Å². The largest absolute Gasteiger partial charge is 0.462 e. The number of carbonyl (C=O) groups is 3. The molecule has 0 bridgehead atoms. The van der Waals surface area contributed by atoms with Crippen molar-refractivity contribution in [2.45, 2.75) is 239 Å². The second-order valence-electron chi connectivity index (χ2n) is 16.4. The van der Waals surface area contributed by atoms with Crippen LogP contribution in [0.1, 0.15) is 233 Å². The topological polar surface area (TPSA) is 78.9 Å². The highest BCUT2D eigenvalue weighted by Crippen LogP contribution is 2.13. The fourth-order valence-corrected chi connectivity index (χ4v) is 6.72. The van der Waals surface area contributed by atoms with Gasteiger partial charge in [0.25, 0.3) is 0 Å². The summed E-state index contributed by atoms with van der Waals surface area (Å²) in [7, 11) is 0. The molecule has 1 unspecified atom stereocenters. The summed E-state index contributed by atoms with van der Waals surface area (Å²) in [6, 6.07) is 0. The molecule has 6 heteroatoms. The molecule has 0 radical (unpaired) electrons. The zero-order chi connectivity index (χ0) is 43.7. The third kappa shape index (κ3) is 45.9. The number of rotatable bonds is 44. The van der Waals surface area contributed by atoms with E-state index >= 15 is 0 Å². The molecule has 0 aliphatic heterocycles. The summed E-state index contributed by atoms with van der Waals surface area (Å²) in [6.45, 7) is 6.41. The minimum atomic E-state index is -0.810. The molecule has 0 fully saturated rings. The van der Waals surface area contributed by atoms with Crippen molar-refractivity contribution < 1.29 is 28.6 Å². The lowest BCUT2D eigenvalue weighted by Crippen LogP contribution is -2.30. The summed E-state index contributed by atoms with van der Waals surface area (Å²) in [5.74, 6) is -1.01. The van der Waals surface area contributed by atoms with Crippen molar-refractivity contribution in [1.82, 2.24) is 0 Å². The van der Waals surface area contributed by atoms with Gasteiger partial charge in [0.1, 0.15) is 13.2 Å². The van der Waals surface area contributed by atoms with E-state index in [9.17, 15) is 14.4 Å². The van der Waals surface area contributed by atoms with Gasteiger partial charge in [0.15, 0.2) is 6.10 Å². The van der Waals surface area contributed by atoms with Gasteiger partial charge in [-0.25, -0.2) is 0 Å². The molecule has 0 aromatic heterocycles. The van der Waals surface area contributed by atoms with Gasteiger partial charge in [-0.2, -0.15) is 0 Å². The van der Waals surface area contributed by atoms with Crippen molar-refractivity contribution in [3.05, 3.63) is 72.9 Å². The van der Waals surface area contributed by atoms with Crippen LogP contribution in [0.3, 0.4) is 0 Å². The van der Waals surface area contributed by atoms with E-state index in [-0.39, 0.29) is 37.5 Å². The van der Waals surface area contributed by atoms with E-state index in [0.29, 0.717) is 19.3 Å². The first-order valence-corrected chi connectivity index (χ1v) is 25.0. The molecule has 0 heterocycles. The Balaban J connectivity index is 4.47. The molecule has 0 aromatic rings. The molecular weight excluding hydrogens is 745 g/mol.